The third-order valence-corrected chi connectivity index (χ3v) is 3.38. The van der Waals surface area contributed by atoms with Crippen LogP contribution in [-0.4, -0.2) is 5.97 Å². The fraction of sp³-hybridized carbons (Fsp3) is 0.438. The molecule has 1 aromatic rings. The highest BCUT2D eigenvalue weighted by atomic mass is 16.5. The van der Waals surface area contributed by atoms with E-state index in [9.17, 15) is 4.79 Å². The molecule has 0 atom stereocenters. The second-order valence-electron chi connectivity index (χ2n) is 4.89. The van der Waals surface area contributed by atoms with E-state index in [1.54, 1.807) is 0 Å². The Labute approximate surface area is 109 Å². The number of rotatable bonds is 3. The quantitative estimate of drug-likeness (QED) is 0.589. The van der Waals surface area contributed by atoms with Crippen molar-refractivity contribution in [2.24, 2.45) is 5.92 Å². The molecule has 0 bridgehead atoms. The number of carbonyl (C=O) groups excluding carboxylic acids is 1. The lowest BCUT2D eigenvalue weighted by molar-refractivity contribution is -0.137. The Morgan fingerprint density at radius 3 is 2.44 bits per heavy atom. The van der Waals surface area contributed by atoms with Gasteiger partial charge in [0.2, 0.25) is 0 Å². The molecule has 0 unspecified atom stereocenters. The summed E-state index contributed by atoms with van der Waals surface area (Å²) >= 11 is 0. The van der Waals surface area contributed by atoms with Crippen molar-refractivity contribution in [2.45, 2.75) is 39.0 Å². The van der Waals surface area contributed by atoms with E-state index in [0.717, 1.165) is 24.2 Å². The second kappa shape index (κ2) is 6.39. The number of hydrogen-bond acceptors (Lipinski definition) is 2. The van der Waals surface area contributed by atoms with Crippen LogP contribution in [0, 0.1) is 5.92 Å². The van der Waals surface area contributed by atoms with Gasteiger partial charge in [0.25, 0.3) is 0 Å². The molecular formula is C16H20O2. The molecule has 1 fully saturated rings. The van der Waals surface area contributed by atoms with Gasteiger partial charge in [-0.1, -0.05) is 49.6 Å². The summed E-state index contributed by atoms with van der Waals surface area (Å²) in [4.78, 5) is 11.2. The smallest absolute Gasteiger partial charge is 0.307 e. The van der Waals surface area contributed by atoms with Crippen molar-refractivity contribution < 1.29 is 9.53 Å². The number of benzene rings is 1. The Morgan fingerprint density at radius 1 is 1.17 bits per heavy atom. The monoisotopic (exact) mass is 244 g/mol. The summed E-state index contributed by atoms with van der Waals surface area (Å²) in [7, 11) is 0. The van der Waals surface area contributed by atoms with E-state index in [2.05, 4.69) is 0 Å². The minimum absolute atomic E-state index is 0.220. The van der Waals surface area contributed by atoms with Crippen LogP contribution in [0.1, 0.15) is 44.6 Å². The standard InChI is InChI=1S/C16H20O2/c1-13(17)18-16(15-10-6-3-7-11-15)12-14-8-4-2-5-9-14/h2,4-5,8-9,12,15H,3,6-7,10-11H2,1H3/b16-12+. The van der Waals surface area contributed by atoms with Crippen LogP contribution in [0.15, 0.2) is 36.1 Å². The van der Waals surface area contributed by atoms with Crippen LogP contribution in [-0.2, 0) is 9.53 Å². The number of esters is 1. The fourth-order valence-corrected chi connectivity index (χ4v) is 2.50. The van der Waals surface area contributed by atoms with Crippen LogP contribution in [0.2, 0.25) is 0 Å². The molecule has 0 amide bonds. The van der Waals surface area contributed by atoms with Crippen LogP contribution in [0.4, 0.5) is 0 Å². The lowest BCUT2D eigenvalue weighted by atomic mass is 9.87. The van der Waals surface area contributed by atoms with E-state index >= 15 is 0 Å². The third-order valence-electron chi connectivity index (χ3n) is 3.38. The zero-order valence-corrected chi connectivity index (χ0v) is 10.9. The van der Waals surface area contributed by atoms with E-state index in [0.29, 0.717) is 5.92 Å². The Balaban J connectivity index is 2.18. The fourth-order valence-electron chi connectivity index (χ4n) is 2.50. The Kier molecular flexibility index (Phi) is 4.57. The van der Waals surface area contributed by atoms with Crippen molar-refractivity contribution >= 4 is 12.0 Å². The molecule has 2 nitrogen and oxygen atoms in total. The van der Waals surface area contributed by atoms with Crippen molar-refractivity contribution in [1.29, 1.82) is 0 Å². The van der Waals surface area contributed by atoms with Gasteiger partial charge in [0, 0.05) is 12.8 Å². The average Bonchev–Trinajstić information content (AvgIpc) is 2.40. The Morgan fingerprint density at radius 2 is 1.83 bits per heavy atom. The summed E-state index contributed by atoms with van der Waals surface area (Å²) in [6.07, 6.45) is 8.04. The molecule has 1 aliphatic carbocycles. The maximum absolute atomic E-state index is 11.2. The van der Waals surface area contributed by atoms with E-state index in [1.807, 2.05) is 36.4 Å². The highest BCUT2D eigenvalue weighted by molar-refractivity contribution is 5.69. The second-order valence-corrected chi connectivity index (χ2v) is 4.89. The summed E-state index contributed by atoms with van der Waals surface area (Å²) < 4.78 is 5.42. The molecule has 18 heavy (non-hydrogen) atoms. The summed E-state index contributed by atoms with van der Waals surface area (Å²) in [6.45, 7) is 1.47. The van der Waals surface area contributed by atoms with Gasteiger partial charge in [0.1, 0.15) is 5.76 Å². The topological polar surface area (TPSA) is 26.3 Å². The maximum atomic E-state index is 11.2. The summed E-state index contributed by atoms with van der Waals surface area (Å²) in [6, 6.07) is 10.1. The first-order valence-corrected chi connectivity index (χ1v) is 6.71. The molecule has 0 N–H and O–H groups in total. The van der Waals surface area contributed by atoms with Crippen LogP contribution in [0.25, 0.3) is 6.08 Å². The molecule has 2 rings (SSSR count). The lowest BCUT2D eigenvalue weighted by Crippen LogP contribution is -2.13. The van der Waals surface area contributed by atoms with Gasteiger partial charge in [-0.15, -0.1) is 0 Å². The van der Waals surface area contributed by atoms with Crippen LogP contribution in [0.5, 0.6) is 0 Å². The summed E-state index contributed by atoms with van der Waals surface area (Å²) in [5.74, 6) is 1.03. The van der Waals surface area contributed by atoms with Gasteiger partial charge >= 0.3 is 5.97 Å². The average molecular weight is 244 g/mol. The highest BCUT2D eigenvalue weighted by Crippen LogP contribution is 2.31. The largest absolute Gasteiger partial charge is 0.431 e. The first-order chi connectivity index (χ1) is 8.75. The summed E-state index contributed by atoms with van der Waals surface area (Å²) in [5, 5.41) is 0. The van der Waals surface area contributed by atoms with Gasteiger partial charge in [0.05, 0.1) is 0 Å². The molecule has 2 heteroatoms. The van der Waals surface area contributed by atoms with Crippen molar-refractivity contribution in [1.82, 2.24) is 0 Å². The van der Waals surface area contributed by atoms with E-state index < -0.39 is 0 Å². The van der Waals surface area contributed by atoms with Crippen molar-refractivity contribution in [3.63, 3.8) is 0 Å². The Hall–Kier alpha value is -1.57. The molecule has 96 valence electrons. The SMILES string of the molecule is CC(=O)O/C(=C/c1ccccc1)C1CCCCC1. The number of ether oxygens (including phenoxy) is 1. The molecule has 0 aliphatic heterocycles. The minimum atomic E-state index is -0.220. The Bertz CT molecular complexity index is 414. The van der Waals surface area contributed by atoms with E-state index in [-0.39, 0.29) is 5.97 Å². The highest BCUT2D eigenvalue weighted by Gasteiger charge is 2.20. The van der Waals surface area contributed by atoms with Crippen molar-refractivity contribution in [3.8, 4) is 0 Å². The van der Waals surface area contributed by atoms with Gasteiger partial charge in [0.15, 0.2) is 0 Å². The number of carbonyl (C=O) groups is 1. The van der Waals surface area contributed by atoms with Crippen LogP contribution < -0.4 is 0 Å². The molecule has 1 aromatic carbocycles. The molecule has 0 saturated heterocycles. The normalized spacial score (nSPS) is 17.5. The van der Waals surface area contributed by atoms with Crippen molar-refractivity contribution in [3.05, 3.63) is 41.7 Å². The maximum Gasteiger partial charge on any atom is 0.307 e. The van der Waals surface area contributed by atoms with Gasteiger partial charge < -0.3 is 4.74 Å². The number of allylic oxidation sites excluding steroid dienone is 1. The minimum Gasteiger partial charge on any atom is -0.431 e. The number of hydrogen-bond donors (Lipinski definition) is 0. The van der Waals surface area contributed by atoms with Gasteiger partial charge in [-0.25, -0.2) is 0 Å². The predicted molar refractivity (Wildman–Crippen MR) is 72.8 cm³/mol. The molecule has 0 spiro atoms. The summed E-state index contributed by atoms with van der Waals surface area (Å²) in [5.41, 5.74) is 1.10. The third kappa shape index (κ3) is 3.73. The first-order valence-electron chi connectivity index (χ1n) is 6.71. The zero-order valence-electron chi connectivity index (χ0n) is 10.9. The van der Waals surface area contributed by atoms with E-state index in [4.69, 9.17) is 4.74 Å². The molecule has 1 saturated carbocycles. The predicted octanol–water partition coefficient (Wildman–Crippen LogP) is 4.17. The first kappa shape index (κ1) is 12.9. The van der Waals surface area contributed by atoms with Crippen LogP contribution >= 0.6 is 0 Å². The lowest BCUT2D eigenvalue weighted by Gasteiger charge is -2.23. The van der Waals surface area contributed by atoms with Crippen molar-refractivity contribution in [2.75, 3.05) is 0 Å². The molecule has 0 aromatic heterocycles. The van der Waals surface area contributed by atoms with Gasteiger partial charge in [-0.05, 0) is 24.5 Å². The zero-order chi connectivity index (χ0) is 12.8. The van der Waals surface area contributed by atoms with Crippen LogP contribution in [0.3, 0.4) is 0 Å². The van der Waals surface area contributed by atoms with Gasteiger partial charge in [-0.3, -0.25) is 4.79 Å². The van der Waals surface area contributed by atoms with E-state index in [1.165, 1.54) is 26.2 Å². The van der Waals surface area contributed by atoms with Gasteiger partial charge in [-0.2, -0.15) is 0 Å². The molecule has 0 heterocycles. The molecular weight excluding hydrogens is 224 g/mol. The molecule has 1 aliphatic rings. The molecule has 0 radical (unpaired) electrons.